The molecule has 1 fully saturated rings. The van der Waals surface area contributed by atoms with Crippen LogP contribution in [0.5, 0.6) is 5.75 Å². The van der Waals surface area contributed by atoms with Crippen LogP contribution >= 0.6 is 0 Å². The van der Waals surface area contributed by atoms with E-state index in [1.807, 2.05) is 0 Å². The van der Waals surface area contributed by atoms with Crippen molar-refractivity contribution in [3.8, 4) is 5.75 Å². The number of aryl methyl sites for hydroxylation is 1. The highest BCUT2D eigenvalue weighted by atomic mass is 16.5. The van der Waals surface area contributed by atoms with Crippen LogP contribution in [0.25, 0.3) is 0 Å². The summed E-state index contributed by atoms with van der Waals surface area (Å²) in [5, 5.41) is 14.0. The maximum atomic E-state index is 10.6. The Morgan fingerprint density at radius 1 is 1.24 bits per heavy atom. The average molecular weight is 291 g/mol. The Kier molecular flexibility index (Phi) is 5.65. The third kappa shape index (κ3) is 4.72. The smallest absolute Gasteiger partial charge is 0.126 e. The van der Waals surface area contributed by atoms with E-state index in [0.29, 0.717) is 12.6 Å². The Balaban J connectivity index is 2.04. The van der Waals surface area contributed by atoms with Crippen LogP contribution in [-0.2, 0) is 6.54 Å². The molecule has 1 aliphatic rings. The quantitative estimate of drug-likeness (QED) is 0.842. The molecule has 0 heterocycles. The maximum absolute atomic E-state index is 10.6. The number of para-hydroxylation sites is 1. The monoisotopic (exact) mass is 291 g/mol. The molecule has 1 aliphatic carbocycles. The zero-order valence-electron chi connectivity index (χ0n) is 13.6. The van der Waals surface area contributed by atoms with E-state index in [-0.39, 0.29) is 0 Å². The van der Waals surface area contributed by atoms with Crippen molar-refractivity contribution in [3.05, 3.63) is 29.3 Å². The first-order valence-corrected chi connectivity index (χ1v) is 8.17. The lowest BCUT2D eigenvalue weighted by atomic mass is 9.85. The highest BCUT2D eigenvalue weighted by molar-refractivity contribution is 5.40. The number of rotatable bonds is 6. The number of aliphatic hydroxyl groups is 1. The molecule has 0 spiro atoms. The lowest BCUT2D eigenvalue weighted by Crippen LogP contribution is -2.38. The van der Waals surface area contributed by atoms with Gasteiger partial charge in [-0.15, -0.1) is 0 Å². The van der Waals surface area contributed by atoms with Gasteiger partial charge in [0.05, 0.1) is 5.60 Å². The number of hydrogen-bond acceptors (Lipinski definition) is 3. The van der Waals surface area contributed by atoms with Crippen LogP contribution in [0.4, 0.5) is 0 Å². The number of hydrogen-bond donors (Lipinski definition) is 2. The lowest BCUT2D eigenvalue weighted by molar-refractivity contribution is -0.0342. The molecule has 0 radical (unpaired) electrons. The van der Waals surface area contributed by atoms with Gasteiger partial charge < -0.3 is 15.2 Å². The molecule has 0 atom stereocenters. The summed E-state index contributed by atoms with van der Waals surface area (Å²) in [5.74, 6) is 0.935. The summed E-state index contributed by atoms with van der Waals surface area (Å²) in [6.07, 6.45) is 5.16. The molecule has 0 amide bonds. The van der Waals surface area contributed by atoms with Gasteiger partial charge in [0.25, 0.3) is 0 Å². The Morgan fingerprint density at radius 2 is 1.95 bits per heavy atom. The summed E-state index contributed by atoms with van der Waals surface area (Å²) >= 11 is 0. The average Bonchev–Trinajstić information content (AvgIpc) is 2.45. The Bertz CT molecular complexity index is 451. The van der Waals surface area contributed by atoms with Crippen LogP contribution < -0.4 is 10.1 Å². The zero-order chi connectivity index (χ0) is 15.3. The van der Waals surface area contributed by atoms with E-state index in [1.165, 1.54) is 12.0 Å². The molecule has 118 valence electrons. The van der Waals surface area contributed by atoms with Gasteiger partial charge in [0.2, 0.25) is 0 Å². The van der Waals surface area contributed by atoms with E-state index < -0.39 is 5.60 Å². The van der Waals surface area contributed by atoms with Crippen LogP contribution in [0, 0.1) is 6.92 Å². The first-order chi connectivity index (χ1) is 10.0. The van der Waals surface area contributed by atoms with E-state index in [1.54, 1.807) is 0 Å². The normalized spacial score (nSPS) is 18.0. The molecule has 2 N–H and O–H groups in total. The molecule has 21 heavy (non-hydrogen) atoms. The minimum atomic E-state index is -0.636. The maximum Gasteiger partial charge on any atom is 0.126 e. The second-order valence-corrected chi connectivity index (χ2v) is 6.67. The summed E-state index contributed by atoms with van der Waals surface area (Å²) < 4.78 is 6.05. The third-order valence-electron chi connectivity index (χ3n) is 4.26. The number of ether oxygens (including phenoxy) is 1. The summed E-state index contributed by atoms with van der Waals surface area (Å²) in [6, 6.07) is 6.68. The number of benzene rings is 1. The summed E-state index contributed by atoms with van der Waals surface area (Å²) in [4.78, 5) is 0. The van der Waals surface area contributed by atoms with Gasteiger partial charge in [0.1, 0.15) is 12.4 Å². The molecule has 2 rings (SSSR count). The van der Waals surface area contributed by atoms with Crippen LogP contribution in [0.2, 0.25) is 0 Å². The predicted molar refractivity (Wildman–Crippen MR) is 86.7 cm³/mol. The van der Waals surface area contributed by atoms with Crippen molar-refractivity contribution >= 4 is 0 Å². The van der Waals surface area contributed by atoms with Gasteiger partial charge in [-0.2, -0.15) is 0 Å². The molecular formula is C18H29NO2. The van der Waals surface area contributed by atoms with Gasteiger partial charge in [-0.25, -0.2) is 0 Å². The first kappa shape index (κ1) is 16.3. The van der Waals surface area contributed by atoms with Gasteiger partial charge in [-0.05, 0) is 25.3 Å². The molecule has 0 bridgehead atoms. The van der Waals surface area contributed by atoms with Crippen molar-refractivity contribution in [1.82, 2.24) is 5.32 Å². The molecular weight excluding hydrogens is 262 g/mol. The van der Waals surface area contributed by atoms with Crippen molar-refractivity contribution in [2.75, 3.05) is 6.61 Å². The first-order valence-electron chi connectivity index (χ1n) is 8.17. The molecule has 1 aromatic rings. The molecule has 0 aliphatic heterocycles. The topological polar surface area (TPSA) is 41.5 Å². The Labute approximate surface area is 128 Å². The Hall–Kier alpha value is -1.06. The summed E-state index contributed by atoms with van der Waals surface area (Å²) in [7, 11) is 0. The van der Waals surface area contributed by atoms with Crippen molar-refractivity contribution < 1.29 is 9.84 Å². The fraction of sp³-hybridized carbons (Fsp3) is 0.667. The molecule has 0 unspecified atom stereocenters. The minimum absolute atomic E-state index is 0.409. The fourth-order valence-corrected chi connectivity index (χ4v) is 2.93. The van der Waals surface area contributed by atoms with E-state index in [2.05, 4.69) is 44.3 Å². The van der Waals surface area contributed by atoms with Crippen LogP contribution in [-0.4, -0.2) is 23.4 Å². The molecule has 3 heteroatoms. The minimum Gasteiger partial charge on any atom is -0.490 e. The van der Waals surface area contributed by atoms with Crippen molar-refractivity contribution in [2.24, 2.45) is 0 Å². The molecule has 0 saturated heterocycles. The standard InChI is InChI=1S/C18H29NO2/c1-14(2)19-12-16-9-7-8-15(3)17(16)21-13-18(20)10-5-4-6-11-18/h7-9,14,19-20H,4-6,10-13H2,1-3H3. The van der Waals surface area contributed by atoms with Crippen LogP contribution in [0.1, 0.15) is 57.1 Å². The SMILES string of the molecule is Cc1cccc(CNC(C)C)c1OCC1(O)CCCCC1. The summed E-state index contributed by atoms with van der Waals surface area (Å²) in [5.41, 5.74) is 1.67. The van der Waals surface area contributed by atoms with E-state index in [4.69, 9.17) is 4.74 Å². The molecule has 1 aromatic carbocycles. The molecule has 3 nitrogen and oxygen atoms in total. The highest BCUT2D eigenvalue weighted by Gasteiger charge is 2.30. The second-order valence-electron chi connectivity index (χ2n) is 6.67. The van der Waals surface area contributed by atoms with Gasteiger partial charge >= 0.3 is 0 Å². The Morgan fingerprint density at radius 3 is 2.62 bits per heavy atom. The zero-order valence-corrected chi connectivity index (χ0v) is 13.6. The highest BCUT2D eigenvalue weighted by Crippen LogP contribution is 2.30. The van der Waals surface area contributed by atoms with Gasteiger partial charge in [-0.1, -0.05) is 51.3 Å². The lowest BCUT2D eigenvalue weighted by Gasteiger charge is -2.32. The van der Waals surface area contributed by atoms with Gasteiger partial charge in [-0.3, -0.25) is 0 Å². The second kappa shape index (κ2) is 7.28. The predicted octanol–water partition coefficient (Wildman–Crippen LogP) is 3.57. The van der Waals surface area contributed by atoms with Gasteiger partial charge in [0, 0.05) is 18.2 Å². The molecule has 0 aromatic heterocycles. The van der Waals surface area contributed by atoms with Crippen LogP contribution in [0.3, 0.4) is 0 Å². The third-order valence-corrected chi connectivity index (χ3v) is 4.26. The molecule has 1 saturated carbocycles. The van der Waals surface area contributed by atoms with E-state index in [9.17, 15) is 5.11 Å². The van der Waals surface area contributed by atoms with E-state index in [0.717, 1.165) is 43.5 Å². The largest absolute Gasteiger partial charge is 0.490 e. The number of nitrogens with one attached hydrogen (secondary N) is 1. The van der Waals surface area contributed by atoms with Gasteiger partial charge in [0.15, 0.2) is 0 Å². The van der Waals surface area contributed by atoms with Crippen molar-refractivity contribution in [1.29, 1.82) is 0 Å². The summed E-state index contributed by atoms with van der Waals surface area (Å²) in [6.45, 7) is 7.56. The van der Waals surface area contributed by atoms with Crippen molar-refractivity contribution in [3.63, 3.8) is 0 Å². The van der Waals surface area contributed by atoms with E-state index >= 15 is 0 Å². The van der Waals surface area contributed by atoms with Crippen molar-refractivity contribution in [2.45, 2.75) is 71.1 Å². The fourth-order valence-electron chi connectivity index (χ4n) is 2.93. The van der Waals surface area contributed by atoms with Crippen LogP contribution in [0.15, 0.2) is 18.2 Å².